The van der Waals surface area contributed by atoms with Gasteiger partial charge in [0.05, 0.1) is 36.1 Å². The van der Waals surface area contributed by atoms with E-state index in [9.17, 15) is 44.3 Å². The predicted octanol–water partition coefficient (Wildman–Crippen LogP) is 18.0. The Morgan fingerprint density at radius 1 is 0.565 bits per heavy atom. The number of phenols is 1. The molecule has 5 aromatic rings. The van der Waals surface area contributed by atoms with Crippen LogP contribution in [-0.2, 0) is 9.59 Å². The molecule has 5 N–H and O–H groups in total. The van der Waals surface area contributed by atoms with E-state index in [2.05, 4.69) is 48.9 Å². The number of rotatable bonds is 15. The molecule has 2 fully saturated rings. The predicted molar refractivity (Wildman–Crippen MR) is 348 cm³/mol. The number of phenolic OH excluding ortho intramolecular Hbond substituents is 1. The fraction of sp³-hybridized carbons (Fsp3) is 0.500. The summed E-state index contributed by atoms with van der Waals surface area (Å²) in [5, 5.41) is 49.5. The van der Waals surface area contributed by atoms with Crippen LogP contribution in [0.2, 0.25) is 0 Å². The van der Waals surface area contributed by atoms with Gasteiger partial charge in [0.25, 0.3) is 17.1 Å². The van der Waals surface area contributed by atoms with E-state index in [-0.39, 0.29) is 45.8 Å². The number of carbonyl (C=O) groups excluding carboxylic acids is 2. The smallest absolute Gasteiger partial charge is 0.269 e. The van der Waals surface area contributed by atoms with Crippen molar-refractivity contribution in [1.29, 1.82) is 0 Å². The molecule has 2 aliphatic carbocycles. The lowest BCUT2D eigenvalue weighted by Crippen LogP contribution is -2.20. The molecule has 2 aliphatic rings. The van der Waals surface area contributed by atoms with Crippen LogP contribution in [0.15, 0.2) is 91.0 Å². The number of unbranched alkanes of at least 4 members (excludes halogenated alkanes) is 6. The first-order chi connectivity index (χ1) is 40.4. The highest BCUT2D eigenvalue weighted by atomic mass is 79.9. The third-order valence-corrected chi connectivity index (χ3v) is 13.0. The number of aliphatic hydroxyl groups is 1. The molecule has 7 rings (SSSR count). The number of aryl methyl sites for hydroxylation is 5. The first-order valence-electron chi connectivity index (χ1n) is 28.5. The summed E-state index contributed by atoms with van der Waals surface area (Å²) in [4.78, 5) is 51.5. The number of hydrogen-bond acceptors (Lipinski definition) is 14. The van der Waals surface area contributed by atoms with Gasteiger partial charge in [-0.05, 0) is 160 Å². The van der Waals surface area contributed by atoms with Crippen LogP contribution in [0.1, 0.15) is 158 Å². The largest absolute Gasteiger partial charge is 0.508 e. The standard InChI is InChI=1S/C14H19NO2.C8H9NO3.C8H11NO.C7H6FNO2.C7H7NO3.C6H9ClO.2C6H14.CH3Br.CH4O/c1-10-9-12(7-8-13(10)17-2)15-14(16)11-5-3-4-6-11;1-6-5-7(9(10)11)3-4-8(6)12-2;1-6-5-7(9)3-4-8(6)10-2;1-5-4-6(9(10)11)2-3-7(5)8;1-5-4-6(8(10)11)2-3-7(5)9;7-6(8)5-3-1-2-4-5;2*1-3-5-6-4-2;2*1-2/h7-9,11H,3-6H2,1-2H3,(H,15,16);3-5H,1-2H3;3-5H,9H2,1-2H3;2-4H,1H3;2-4,9H,1H3;5H,1-4H2;2*3-6H2,1-2H3;1H3;2H,1H3. The van der Waals surface area contributed by atoms with Crippen molar-refractivity contribution in [2.24, 2.45) is 11.8 Å². The molecule has 0 atom stereocenters. The second-order valence-corrected chi connectivity index (χ2v) is 19.8. The zero-order valence-corrected chi connectivity index (χ0v) is 54.9. The number of anilines is 2. The summed E-state index contributed by atoms with van der Waals surface area (Å²) in [6, 6.07) is 23.1. The van der Waals surface area contributed by atoms with E-state index in [0.717, 1.165) is 84.5 Å². The van der Waals surface area contributed by atoms with Crippen molar-refractivity contribution >= 4 is 67.1 Å². The molecule has 21 heteroatoms. The molecule has 0 bridgehead atoms. The van der Waals surface area contributed by atoms with Gasteiger partial charge >= 0.3 is 0 Å². The third-order valence-electron chi connectivity index (χ3n) is 12.7. The first-order valence-corrected chi connectivity index (χ1v) is 30.4. The highest BCUT2D eigenvalue weighted by Gasteiger charge is 2.23. The second kappa shape index (κ2) is 50.4. The van der Waals surface area contributed by atoms with Gasteiger partial charge in [-0.15, -0.1) is 0 Å². The zero-order chi connectivity index (χ0) is 65.5. The number of nitrogens with zero attached hydrogens (tertiary/aromatic N) is 3. The van der Waals surface area contributed by atoms with E-state index in [1.165, 1.54) is 127 Å². The normalized spacial score (nSPS) is 11.6. The lowest BCUT2D eigenvalue weighted by atomic mass is 10.1. The van der Waals surface area contributed by atoms with Crippen LogP contribution in [0.3, 0.4) is 0 Å². The summed E-state index contributed by atoms with van der Waals surface area (Å²) in [7, 11) is 5.84. The number of ether oxygens (including phenoxy) is 3. The number of halogens is 3. The van der Waals surface area contributed by atoms with E-state index in [4.69, 9.17) is 41.8 Å². The Labute approximate surface area is 518 Å². The Hall–Kier alpha value is -6.90. The molecule has 0 heterocycles. The molecule has 1 amide bonds. The van der Waals surface area contributed by atoms with Crippen LogP contribution in [0, 0.1) is 82.6 Å². The number of hydrogen-bond donors (Lipinski definition) is 4. The number of nitro benzene ring substituents is 3. The number of carbonyl (C=O) groups is 2. The lowest BCUT2D eigenvalue weighted by Gasteiger charge is -2.12. The number of aromatic hydroxyl groups is 1. The summed E-state index contributed by atoms with van der Waals surface area (Å²) >= 11 is 8.18. The number of aliphatic hydroxyl groups excluding tert-OH is 1. The molecular formula is C64H96BrClFN5O13. The average molecular weight is 1280 g/mol. The van der Waals surface area contributed by atoms with Gasteiger partial charge < -0.3 is 35.5 Å². The maximum atomic E-state index is 12.5. The summed E-state index contributed by atoms with van der Waals surface area (Å²) in [6.07, 6.45) is 19.9. The SMILES string of the molecule is CBr.CCCCCC.CCCCCC.CO.COc1ccc(N)cc1C.COc1ccc(NC(=O)C2CCCC2)cc1C.COc1ccc([N+](=O)[O-])cc1C.Cc1cc([N+](=O)[O-])ccc1F.Cc1cc([N+](=O)[O-])ccc1O.O=C(Cl)C1CCCC1. The highest BCUT2D eigenvalue weighted by molar-refractivity contribution is 9.08. The van der Waals surface area contributed by atoms with Crippen LogP contribution in [0.5, 0.6) is 23.0 Å². The van der Waals surface area contributed by atoms with E-state index in [1.807, 2.05) is 56.1 Å². The number of nitro groups is 3. The van der Waals surface area contributed by atoms with Crippen molar-refractivity contribution < 1.29 is 53.2 Å². The number of methoxy groups -OCH3 is 3. The van der Waals surface area contributed by atoms with E-state index >= 15 is 0 Å². The Bertz CT molecular complexity index is 2590. The lowest BCUT2D eigenvalue weighted by molar-refractivity contribution is -0.385. The number of nitrogens with one attached hydrogen (secondary N) is 1. The van der Waals surface area contributed by atoms with Crippen molar-refractivity contribution in [3.05, 3.63) is 155 Å². The molecule has 5 aromatic carbocycles. The fourth-order valence-electron chi connectivity index (χ4n) is 7.91. The molecule has 85 heavy (non-hydrogen) atoms. The van der Waals surface area contributed by atoms with Crippen molar-refractivity contribution in [3.8, 4) is 23.0 Å². The minimum atomic E-state index is -0.549. The van der Waals surface area contributed by atoms with Gasteiger partial charge in [-0.25, -0.2) is 4.39 Å². The number of amides is 1. The zero-order valence-electron chi connectivity index (χ0n) is 52.6. The minimum Gasteiger partial charge on any atom is -0.508 e. The number of benzene rings is 5. The van der Waals surface area contributed by atoms with Crippen LogP contribution < -0.4 is 25.3 Å². The molecular weight excluding hydrogens is 1180 g/mol. The summed E-state index contributed by atoms with van der Waals surface area (Å²) < 4.78 is 27.7. The van der Waals surface area contributed by atoms with Gasteiger partial charge in [0.15, 0.2) is 0 Å². The van der Waals surface area contributed by atoms with Crippen molar-refractivity contribution in [2.75, 3.05) is 45.3 Å². The Kier molecular flexibility index (Phi) is 48.8. The number of nitrogens with two attached hydrogens (primary N) is 1. The van der Waals surface area contributed by atoms with Crippen molar-refractivity contribution in [1.82, 2.24) is 0 Å². The van der Waals surface area contributed by atoms with Crippen LogP contribution in [0.4, 0.5) is 32.8 Å². The van der Waals surface area contributed by atoms with Crippen LogP contribution in [0.25, 0.3) is 0 Å². The van der Waals surface area contributed by atoms with E-state index < -0.39 is 20.6 Å². The Balaban J connectivity index is -0.000000914. The van der Waals surface area contributed by atoms with Crippen LogP contribution >= 0.6 is 27.5 Å². The van der Waals surface area contributed by atoms with Crippen LogP contribution in [-0.4, -0.2) is 70.4 Å². The average Bonchev–Trinajstić information content (AvgIpc) is 4.39. The highest BCUT2D eigenvalue weighted by Crippen LogP contribution is 2.29. The van der Waals surface area contributed by atoms with Gasteiger partial charge in [-0.1, -0.05) is 121 Å². The third kappa shape index (κ3) is 37.2. The van der Waals surface area contributed by atoms with Gasteiger partial charge in [0, 0.05) is 66.7 Å². The molecule has 0 saturated heterocycles. The molecule has 18 nitrogen and oxygen atoms in total. The molecule has 476 valence electrons. The Morgan fingerprint density at radius 3 is 1.24 bits per heavy atom. The number of nitrogen functional groups attached to an aromatic ring is 1. The van der Waals surface area contributed by atoms with E-state index in [1.54, 1.807) is 34.1 Å². The summed E-state index contributed by atoms with van der Waals surface area (Å²) in [5.41, 5.74) is 10.9. The minimum absolute atomic E-state index is 0.000278. The van der Waals surface area contributed by atoms with E-state index in [0.29, 0.717) is 16.9 Å². The van der Waals surface area contributed by atoms with Gasteiger partial charge in [0.1, 0.15) is 28.8 Å². The van der Waals surface area contributed by atoms with Gasteiger partial charge in [0.2, 0.25) is 11.1 Å². The fourth-order valence-corrected chi connectivity index (χ4v) is 8.13. The summed E-state index contributed by atoms with van der Waals surface area (Å²) in [6.45, 7) is 17.7. The molecule has 2 saturated carbocycles. The first kappa shape index (κ1) is 82.3. The quantitative estimate of drug-likeness (QED) is 0.0190. The monoisotopic (exact) mass is 1280 g/mol. The van der Waals surface area contributed by atoms with Gasteiger partial charge in [-0.2, -0.15) is 0 Å². The molecule has 0 spiro atoms. The van der Waals surface area contributed by atoms with Crippen molar-refractivity contribution in [2.45, 2.75) is 165 Å². The Morgan fingerprint density at radius 2 is 0.906 bits per heavy atom. The molecule has 0 aliphatic heterocycles. The second-order valence-electron chi connectivity index (χ2n) is 19.4. The topological polar surface area (TPSA) is 270 Å². The molecule has 0 radical (unpaired) electrons. The molecule has 0 aromatic heterocycles. The number of alkyl halides is 1. The van der Waals surface area contributed by atoms with Crippen molar-refractivity contribution in [3.63, 3.8) is 0 Å². The maximum Gasteiger partial charge on any atom is 0.269 e. The number of non-ortho nitro benzene ring substituents is 3. The molecule has 0 unspecified atom stereocenters. The van der Waals surface area contributed by atoms with Gasteiger partial charge in [-0.3, -0.25) is 39.9 Å². The maximum absolute atomic E-state index is 12.5. The summed E-state index contributed by atoms with van der Waals surface area (Å²) in [5.74, 6) is 4.43.